The van der Waals surface area contributed by atoms with Crippen LogP contribution in [0.3, 0.4) is 0 Å². The van der Waals surface area contributed by atoms with Crippen molar-refractivity contribution < 1.29 is 18.3 Å². The van der Waals surface area contributed by atoms with Crippen LogP contribution in [0.1, 0.15) is 51.5 Å². The topological polar surface area (TPSA) is 120 Å². The SMILES string of the molecule is CC1(Nc2ncc3nc(Nc4cccc(F)c4F)n(C4CCC(C(N)=O)CC4)c3n2)CCOCC1. The van der Waals surface area contributed by atoms with E-state index in [4.69, 9.17) is 15.5 Å². The molecule has 2 aromatic heterocycles. The van der Waals surface area contributed by atoms with Crippen molar-refractivity contribution in [1.29, 1.82) is 0 Å². The van der Waals surface area contributed by atoms with Crippen molar-refractivity contribution >= 4 is 34.7 Å². The van der Waals surface area contributed by atoms with Crippen molar-refractivity contribution in [2.45, 2.75) is 57.0 Å². The fourth-order valence-corrected chi connectivity index (χ4v) is 4.94. The van der Waals surface area contributed by atoms with Gasteiger partial charge >= 0.3 is 0 Å². The summed E-state index contributed by atoms with van der Waals surface area (Å²) in [5, 5.41) is 6.39. The van der Waals surface area contributed by atoms with Crippen LogP contribution in [-0.2, 0) is 9.53 Å². The molecule has 0 bridgehead atoms. The summed E-state index contributed by atoms with van der Waals surface area (Å²) in [6.07, 6.45) is 5.94. The second kappa shape index (κ2) is 9.37. The molecule has 0 radical (unpaired) electrons. The van der Waals surface area contributed by atoms with Gasteiger partial charge < -0.3 is 21.1 Å². The Hall–Kier alpha value is -3.34. The smallest absolute Gasteiger partial charge is 0.225 e. The number of nitrogens with one attached hydrogen (secondary N) is 2. The summed E-state index contributed by atoms with van der Waals surface area (Å²) in [5.74, 6) is -1.58. The van der Waals surface area contributed by atoms with Gasteiger partial charge in [0, 0.05) is 30.7 Å². The Labute approximate surface area is 201 Å². The Kier molecular flexibility index (Phi) is 6.26. The van der Waals surface area contributed by atoms with E-state index in [9.17, 15) is 13.6 Å². The summed E-state index contributed by atoms with van der Waals surface area (Å²) in [6.45, 7) is 3.45. The normalized spacial score (nSPS) is 22.1. The first-order valence-electron chi connectivity index (χ1n) is 11.9. The maximum Gasteiger partial charge on any atom is 0.225 e. The monoisotopic (exact) mass is 485 g/mol. The molecule has 0 atom stereocenters. The van der Waals surface area contributed by atoms with E-state index >= 15 is 0 Å². The molecule has 0 unspecified atom stereocenters. The van der Waals surface area contributed by atoms with E-state index in [0.29, 0.717) is 62.0 Å². The third-order valence-electron chi connectivity index (χ3n) is 7.10. The van der Waals surface area contributed by atoms with Crippen LogP contribution < -0.4 is 16.4 Å². The minimum absolute atomic E-state index is 0.0200. The quantitative estimate of drug-likeness (QED) is 0.482. The van der Waals surface area contributed by atoms with E-state index in [0.717, 1.165) is 18.9 Å². The lowest BCUT2D eigenvalue weighted by molar-refractivity contribution is -0.122. The molecule has 1 saturated carbocycles. The number of primary amides is 1. The number of fused-ring (bicyclic) bond motifs is 1. The lowest BCUT2D eigenvalue weighted by atomic mass is 9.85. The zero-order valence-electron chi connectivity index (χ0n) is 19.6. The van der Waals surface area contributed by atoms with Crippen LogP contribution in [0.25, 0.3) is 11.2 Å². The van der Waals surface area contributed by atoms with Gasteiger partial charge in [-0.15, -0.1) is 0 Å². The molecule has 5 rings (SSSR count). The first-order valence-corrected chi connectivity index (χ1v) is 11.9. The number of ether oxygens (including phenoxy) is 1. The predicted octanol–water partition coefficient (Wildman–Crippen LogP) is 4.05. The van der Waals surface area contributed by atoms with Gasteiger partial charge in [-0.1, -0.05) is 6.07 Å². The van der Waals surface area contributed by atoms with E-state index in [-0.39, 0.29) is 29.1 Å². The number of carbonyl (C=O) groups is 1. The Morgan fingerprint density at radius 2 is 1.91 bits per heavy atom. The van der Waals surface area contributed by atoms with E-state index in [1.807, 2.05) is 4.57 Å². The summed E-state index contributed by atoms with van der Waals surface area (Å²) < 4.78 is 35.7. The highest BCUT2D eigenvalue weighted by Crippen LogP contribution is 2.37. The average molecular weight is 486 g/mol. The van der Waals surface area contributed by atoms with Crippen LogP contribution in [0, 0.1) is 17.6 Å². The molecular formula is C24H29F2N7O2. The Morgan fingerprint density at radius 3 is 2.63 bits per heavy atom. The van der Waals surface area contributed by atoms with E-state index < -0.39 is 11.6 Å². The molecule has 1 aromatic carbocycles. The van der Waals surface area contributed by atoms with Crippen molar-refractivity contribution in [1.82, 2.24) is 19.5 Å². The number of rotatable bonds is 6. The number of hydrogen-bond acceptors (Lipinski definition) is 7. The van der Waals surface area contributed by atoms with Crippen LogP contribution in [0.15, 0.2) is 24.4 Å². The first kappa shape index (κ1) is 23.4. The van der Waals surface area contributed by atoms with E-state index in [1.165, 1.54) is 12.1 Å². The summed E-state index contributed by atoms with van der Waals surface area (Å²) in [5.41, 5.74) is 6.42. The van der Waals surface area contributed by atoms with Gasteiger partial charge in [0.25, 0.3) is 0 Å². The van der Waals surface area contributed by atoms with Gasteiger partial charge in [0.15, 0.2) is 17.3 Å². The average Bonchev–Trinajstić information content (AvgIpc) is 3.19. The van der Waals surface area contributed by atoms with Crippen LogP contribution in [-0.4, -0.2) is 44.2 Å². The van der Waals surface area contributed by atoms with Gasteiger partial charge in [-0.2, -0.15) is 4.98 Å². The number of aromatic nitrogens is 4. The molecule has 1 amide bonds. The molecule has 186 valence electrons. The summed E-state index contributed by atoms with van der Waals surface area (Å²) in [6, 6.07) is 3.91. The number of nitrogens with two attached hydrogens (primary N) is 1. The Bertz CT molecular complexity index is 1230. The predicted molar refractivity (Wildman–Crippen MR) is 127 cm³/mol. The molecule has 0 spiro atoms. The molecule has 3 aromatic rings. The Morgan fingerprint density at radius 1 is 1.17 bits per heavy atom. The van der Waals surface area contributed by atoms with Crippen LogP contribution in [0.5, 0.6) is 0 Å². The standard InChI is InChI=1S/C24H29F2N7O2/c1-24(9-11-35-12-10-24)32-22-28-13-18-21(31-22)33(15-7-5-14(6-8-15)20(27)34)23(30-18)29-17-4-2-3-16(25)19(17)26/h2-4,13-15H,5-12H2,1H3,(H2,27,34)(H,29,30)(H,28,31,32). The van der Waals surface area contributed by atoms with Crippen molar-refractivity contribution in [3.8, 4) is 0 Å². The van der Waals surface area contributed by atoms with Crippen LogP contribution >= 0.6 is 0 Å². The number of imidazole rings is 1. The van der Waals surface area contributed by atoms with Gasteiger partial charge in [-0.25, -0.2) is 18.7 Å². The molecule has 9 nitrogen and oxygen atoms in total. The number of nitrogens with zero attached hydrogens (tertiary/aromatic N) is 4. The maximum absolute atomic E-state index is 14.4. The molecule has 3 heterocycles. The molecule has 1 aliphatic carbocycles. The van der Waals surface area contributed by atoms with Gasteiger partial charge in [-0.3, -0.25) is 9.36 Å². The van der Waals surface area contributed by atoms with Gasteiger partial charge in [-0.05, 0) is 57.6 Å². The highest BCUT2D eigenvalue weighted by molar-refractivity contribution is 5.78. The van der Waals surface area contributed by atoms with Gasteiger partial charge in [0.05, 0.1) is 11.9 Å². The highest BCUT2D eigenvalue weighted by Gasteiger charge is 2.31. The highest BCUT2D eigenvalue weighted by atomic mass is 19.2. The second-order valence-corrected chi connectivity index (χ2v) is 9.64. The number of halogens is 2. The lowest BCUT2D eigenvalue weighted by Gasteiger charge is -2.34. The third kappa shape index (κ3) is 4.77. The third-order valence-corrected chi connectivity index (χ3v) is 7.10. The molecule has 4 N–H and O–H groups in total. The fraction of sp³-hybridized carbons (Fsp3) is 0.500. The number of anilines is 3. The first-order chi connectivity index (χ1) is 16.8. The molecule has 2 fully saturated rings. The van der Waals surface area contributed by atoms with Crippen LogP contribution in [0.4, 0.5) is 26.4 Å². The van der Waals surface area contributed by atoms with Crippen molar-refractivity contribution in [2.24, 2.45) is 11.7 Å². The second-order valence-electron chi connectivity index (χ2n) is 9.64. The summed E-state index contributed by atoms with van der Waals surface area (Å²) >= 11 is 0. The molecule has 11 heteroatoms. The van der Waals surface area contributed by atoms with Gasteiger partial charge in [0.1, 0.15) is 5.52 Å². The number of carbonyl (C=O) groups excluding carboxylic acids is 1. The molecule has 35 heavy (non-hydrogen) atoms. The summed E-state index contributed by atoms with van der Waals surface area (Å²) in [4.78, 5) is 25.5. The fourth-order valence-electron chi connectivity index (χ4n) is 4.94. The maximum atomic E-state index is 14.4. The van der Waals surface area contributed by atoms with Crippen molar-refractivity contribution in [3.05, 3.63) is 36.0 Å². The molecule has 1 saturated heterocycles. The summed E-state index contributed by atoms with van der Waals surface area (Å²) in [7, 11) is 0. The molecule has 1 aliphatic heterocycles. The minimum atomic E-state index is -0.982. The number of hydrogen-bond donors (Lipinski definition) is 3. The Balaban J connectivity index is 1.52. The number of amides is 1. The number of benzene rings is 1. The van der Waals surface area contributed by atoms with E-state index in [2.05, 4.69) is 27.5 Å². The minimum Gasteiger partial charge on any atom is -0.381 e. The zero-order chi connectivity index (χ0) is 24.6. The van der Waals surface area contributed by atoms with Crippen LogP contribution in [0.2, 0.25) is 0 Å². The van der Waals surface area contributed by atoms with E-state index in [1.54, 1.807) is 6.20 Å². The molecular weight excluding hydrogens is 456 g/mol. The van der Waals surface area contributed by atoms with Gasteiger partial charge in [0.2, 0.25) is 17.8 Å². The van der Waals surface area contributed by atoms with Crippen molar-refractivity contribution in [2.75, 3.05) is 23.8 Å². The zero-order valence-corrected chi connectivity index (χ0v) is 19.6. The van der Waals surface area contributed by atoms with Crippen molar-refractivity contribution in [3.63, 3.8) is 0 Å². The molecule has 2 aliphatic rings. The lowest BCUT2D eigenvalue weighted by Crippen LogP contribution is -2.41. The largest absolute Gasteiger partial charge is 0.381 e.